The van der Waals surface area contributed by atoms with Crippen LogP contribution in [0.1, 0.15) is 232 Å². The standard InChI is InChI=1S/C45H85O8P/c1-3-5-7-9-11-13-15-17-19-20-21-22-23-24-26-28-30-32-34-36-38-40-45(47)53-43(42-52-54(48,49)50)41-51-44(46)39-37-35-33-31-29-27-25-18-16-14-12-10-8-6-4-2/h12,14,18,25,43H,3-11,13,15-17,19-24,26-42H2,1-2H3,(H2,48,49,50)/b14-12+,25-18+/t43-/m1/s1. The summed E-state index contributed by atoms with van der Waals surface area (Å²) in [5.41, 5.74) is 0. The van der Waals surface area contributed by atoms with E-state index in [0.717, 1.165) is 57.8 Å². The molecule has 0 aromatic heterocycles. The molecule has 0 aliphatic carbocycles. The van der Waals surface area contributed by atoms with Gasteiger partial charge in [0.1, 0.15) is 6.61 Å². The van der Waals surface area contributed by atoms with Crippen LogP contribution in [0.4, 0.5) is 0 Å². The monoisotopic (exact) mass is 785 g/mol. The number of hydrogen-bond donors (Lipinski definition) is 2. The van der Waals surface area contributed by atoms with Crippen LogP contribution in [0.2, 0.25) is 0 Å². The van der Waals surface area contributed by atoms with Crippen LogP contribution in [0.25, 0.3) is 0 Å². The van der Waals surface area contributed by atoms with Gasteiger partial charge in [0.25, 0.3) is 0 Å². The number of phosphoric ester groups is 1. The van der Waals surface area contributed by atoms with Crippen molar-refractivity contribution in [1.29, 1.82) is 0 Å². The molecule has 2 N–H and O–H groups in total. The first kappa shape index (κ1) is 52.5. The van der Waals surface area contributed by atoms with Crippen LogP contribution in [0.3, 0.4) is 0 Å². The van der Waals surface area contributed by atoms with Gasteiger partial charge in [-0.2, -0.15) is 0 Å². The van der Waals surface area contributed by atoms with Gasteiger partial charge in [-0.3, -0.25) is 14.1 Å². The van der Waals surface area contributed by atoms with Crippen molar-refractivity contribution in [2.75, 3.05) is 13.2 Å². The van der Waals surface area contributed by atoms with E-state index in [1.165, 1.54) is 135 Å². The predicted octanol–water partition coefficient (Wildman–Crippen LogP) is 14.0. The number of carbonyl (C=O) groups is 2. The van der Waals surface area contributed by atoms with Crippen molar-refractivity contribution in [3.8, 4) is 0 Å². The maximum Gasteiger partial charge on any atom is 0.469 e. The van der Waals surface area contributed by atoms with Gasteiger partial charge < -0.3 is 19.3 Å². The number of hydrogen-bond acceptors (Lipinski definition) is 6. The van der Waals surface area contributed by atoms with Gasteiger partial charge in [0.2, 0.25) is 0 Å². The molecule has 0 bridgehead atoms. The van der Waals surface area contributed by atoms with Gasteiger partial charge in [-0.25, -0.2) is 4.57 Å². The van der Waals surface area contributed by atoms with Gasteiger partial charge >= 0.3 is 19.8 Å². The third kappa shape index (κ3) is 43.3. The summed E-state index contributed by atoms with van der Waals surface area (Å²) in [4.78, 5) is 42.9. The van der Waals surface area contributed by atoms with Crippen molar-refractivity contribution < 1.29 is 37.9 Å². The smallest absolute Gasteiger partial charge is 0.462 e. The van der Waals surface area contributed by atoms with E-state index in [2.05, 4.69) is 42.7 Å². The third-order valence-corrected chi connectivity index (χ3v) is 10.5. The molecule has 0 aliphatic heterocycles. The number of carbonyl (C=O) groups excluding carboxylic acids is 2. The van der Waals surface area contributed by atoms with E-state index >= 15 is 0 Å². The Morgan fingerprint density at radius 2 is 0.833 bits per heavy atom. The molecular weight excluding hydrogens is 699 g/mol. The predicted molar refractivity (Wildman–Crippen MR) is 225 cm³/mol. The van der Waals surface area contributed by atoms with E-state index < -0.39 is 32.5 Å². The first-order valence-electron chi connectivity index (χ1n) is 22.6. The Balaban J connectivity index is 3.84. The first-order chi connectivity index (χ1) is 26.3. The fraction of sp³-hybridized carbons (Fsp3) is 0.867. The molecule has 0 saturated heterocycles. The van der Waals surface area contributed by atoms with Gasteiger partial charge in [-0.15, -0.1) is 0 Å². The van der Waals surface area contributed by atoms with E-state index in [-0.39, 0.29) is 19.4 Å². The minimum absolute atomic E-state index is 0.214. The summed E-state index contributed by atoms with van der Waals surface area (Å²) >= 11 is 0. The van der Waals surface area contributed by atoms with Crippen LogP contribution in [0.15, 0.2) is 24.3 Å². The number of unbranched alkanes of at least 4 members (excludes halogenated alkanes) is 28. The van der Waals surface area contributed by atoms with E-state index in [0.29, 0.717) is 12.8 Å². The number of phosphoric acid groups is 1. The van der Waals surface area contributed by atoms with Crippen LogP contribution < -0.4 is 0 Å². The van der Waals surface area contributed by atoms with E-state index in [1.807, 2.05) is 0 Å². The molecule has 54 heavy (non-hydrogen) atoms. The fourth-order valence-electron chi connectivity index (χ4n) is 6.58. The molecule has 0 saturated carbocycles. The molecular formula is C45H85O8P. The summed E-state index contributed by atoms with van der Waals surface area (Å²) in [5, 5.41) is 0. The molecule has 0 aromatic rings. The SMILES string of the molecule is CCCCC/C=C/C/C=C/CCCCCCCC(=O)OC[C@H](COP(=O)(O)O)OC(=O)CCCCCCCCCCCCCCCCCCCCCCC. The van der Waals surface area contributed by atoms with Gasteiger partial charge in [0, 0.05) is 12.8 Å². The van der Waals surface area contributed by atoms with Crippen molar-refractivity contribution >= 4 is 19.8 Å². The lowest BCUT2D eigenvalue weighted by molar-refractivity contribution is -0.161. The molecule has 1 atom stereocenters. The minimum atomic E-state index is -4.75. The van der Waals surface area contributed by atoms with Crippen molar-refractivity contribution in [1.82, 2.24) is 0 Å². The summed E-state index contributed by atoms with van der Waals surface area (Å²) in [7, 11) is -4.75. The number of ether oxygens (including phenoxy) is 2. The Labute approximate surface area is 332 Å². The van der Waals surface area contributed by atoms with E-state index in [4.69, 9.17) is 19.3 Å². The molecule has 0 amide bonds. The van der Waals surface area contributed by atoms with Crippen molar-refractivity contribution in [2.45, 2.75) is 238 Å². The Morgan fingerprint density at radius 3 is 1.26 bits per heavy atom. The number of allylic oxidation sites excluding steroid dienone is 4. The quantitative estimate of drug-likeness (QED) is 0.0272. The highest BCUT2D eigenvalue weighted by molar-refractivity contribution is 7.46. The molecule has 8 nitrogen and oxygen atoms in total. The van der Waals surface area contributed by atoms with E-state index in [1.54, 1.807) is 0 Å². The highest BCUT2D eigenvalue weighted by Crippen LogP contribution is 2.36. The average molecular weight is 785 g/mol. The molecule has 0 radical (unpaired) electrons. The van der Waals surface area contributed by atoms with Crippen molar-refractivity contribution in [3.05, 3.63) is 24.3 Å². The Hall–Kier alpha value is -1.47. The number of rotatable bonds is 42. The largest absolute Gasteiger partial charge is 0.469 e. The second-order valence-electron chi connectivity index (χ2n) is 15.4. The van der Waals surface area contributed by atoms with Gasteiger partial charge in [0.15, 0.2) is 6.10 Å². The van der Waals surface area contributed by atoms with Crippen LogP contribution >= 0.6 is 7.82 Å². The fourth-order valence-corrected chi connectivity index (χ4v) is 6.94. The maximum atomic E-state index is 12.4. The first-order valence-corrected chi connectivity index (χ1v) is 24.2. The van der Waals surface area contributed by atoms with Crippen LogP contribution in [-0.4, -0.2) is 41.0 Å². The van der Waals surface area contributed by atoms with Crippen molar-refractivity contribution in [2.24, 2.45) is 0 Å². The molecule has 0 aromatic carbocycles. The zero-order valence-corrected chi connectivity index (χ0v) is 36.0. The molecule has 0 aliphatic rings. The lowest BCUT2D eigenvalue weighted by Gasteiger charge is -2.18. The second kappa shape index (κ2) is 41.2. The molecule has 0 spiro atoms. The van der Waals surface area contributed by atoms with Gasteiger partial charge in [-0.05, 0) is 44.9 Å². The van der Waals surface area contributed by atoms with Crippen molar-refractivity contribution in [3.63, 3.8) is 0 Å². The summed E-state index contributed by atoms with van der Waals surface area (Å²) in [6.07, 6.45) is 47.6. The molecule has 0 rings (SSSR count). The average Bonchev–Trinajstić information content (AvgIpc) is 3.14. The molecule has 9 heteroatoms. The highest BCUT2D eigenvalue weighted by Gasteiger charge is 2.23. The Morgan fingerprint density at radius 1 is 0.481 bits per heavy atom. The third-order valence-electron chi connectivity index (χ3n) is 9.97. The Kier molecular flexibility index (Phi) is 40.1. The zero-order chi connectivity index (χ0) is 39.6. The summed E-state index contributed by atoms with van der Waals surface area (Å²) in [6.45, 7) is 3.68. The lowest BCUT2D eigenvalue weighted by Crippen LogP contribution is -2.29. The lowest BCUT2D eigenvalue weighted by atomic mass is 10.0. The van der Waals surface area contributed by atoms with Crippen LogP contribution in [-0.2, 0) is 28.2 Å². The molecule has 0 heterocycles. The maximum absolute atomic E-state index is 12.4. The molecule has 0 unspecified atom stereocenters. The Bertz CT molecular complexity index is 931. The number of esters is 2. The molecule has 0 fully saturated rings. The summed E-state index contributed by atoms with van der Waals surface area (Å²) in [5.74, 6) is -0.890. The van der Waals surface area contributed by atoms with Crippen LogP contribution in [0.5, 0.6) is 0 Å². The van der Waals surface area contributed by atoms with Gasteiger partial charge in [0.05, 0.1) is 6.61 Å². The summed E-state index contributed by atoms with van der Waals surface area (Å²) in [6, 6.07) is 0. The topological polar surface area (TPSA) is 119 Å². The normalized spacial score (nSPS) is 12.6. The minimum Gasteiger partial charge on any atom is -0.462 e. The van der Waals surface area contributed by atoms with Crippen LogP contribution in [0, 0.1) is 0 Å². The van der Waals surface area contributed by atoms with Gasteiger partial charge in [-0.1, -0.05) is 199 Å². The zero-order valence-electron chi connectivity index (χ0n) is 35.1. The van der Waals surface area contributed by atoms with E-state index in [9.17, 15) is 14.2 Å². The molecule has 318 valence electrons. The summed E-state index contributed by atoms with van der Waals surface area (Å²) < 4.78 is 26.4. The highest BCUT2D eigenvalue weighted by atomic mass is 31.2. The second-order valence-corrected chi connectivity index (χ2v) is 16.6.